The second kappa shape index (κ2) is 4.75. The van der Waals surface area contributed by atoms with E-state index in [1.54, 1.807) is 0 Å². The Morgan fingerprint density at radius 2 is 2.16 bits per heavy atom. The molecule has 1 unspecified atom stereocenters. The molecule has 2 fully saturated rings. The molecule has 2 aliphatic rings. The van der Waals surface area contributed by atoms with Gasteiger partial charge < -0.3 is 5.32 Å². The first-order valence-electron chi connectivity index (χ1n) is 6.73. The molecular formula is C13H17FN4O. The average Bonchev–Trinajstić information content (AvgIpc) is 3.04. The smallest absolute Gasteiger partial charge is 0.320 e. The molecule has 2 N–H and O–H groups in total. The van der Waals surface area contributed by atoms with Crippen molar-refractivity contribution in [3.8, 4) is 0 Å². The Kier molecular flexibility index (Phi) is 3.08. The van der Waals surface area contributed by atoms with Crippen LogP contribution in [0.1, 0.15) is 38.5 Å². The first-order valence-corrected chi connectivity index (χ1v) is 6.73. The fourth-order valence-corrected chi connectivity index (χ4v) is 3.07. The number of anilines is 1. The molecule has 102 valence electrons. The predicted molar refractivity (Wildman–Crippen MR) is 68.1 cm³/mol. The Labute approximate surface area is 111 Å². The average molecular weight is 264 g/mol. The van der Waals surface area contributed by atoms with Crippen LogP contribution >= 0.6 is 0 Å². The van der Waals surface area contributed by atoms with Gasteiger partial charge in [-0.3, -0.25) is 5.32 Å². The molecule has 1 heterocycles. The van der Waals surface area contributed by atoms with Crippen LogP contribution in [0.5, 0.6) is 0 Å². The lowest BCUT2D eigenvalue weighted by atomic mass is 9.86. The number of halogens is 1. The zero-order chi connectivity index (χ0) is 13.3. The predicted octanol–water partition coefficient (Wildman–Crippen LogP) is 2.46. The summed E-state index contributed by atoms with van der Waals surface area (Å²) in [7, 11) is 0. The summed E-state index contributed by atoms with van der Waals surface area (Å²) in [4.78, 5) is 19.0. The van der Waals surface area contributed by atoms with Gasteiger partial charge in [-0.15, -0.1) is 0 Å². The van der Waals surface area contributed by atoms with Crippen LogP contribution in [0.15, 0.2) is 12.5 Å². The van der Waals surface area contributed by atoms with E-state index in [0.717, 1.165) is 12.6 Å². The van der Waals surface area contributed by atoms with Crippen LogP contribution < -0.4 is 10.6 Å². The summed E-state index contributed by atoms with van der Waals surface area (Å²) in [6.45, 7) is 0. The molecule has 0 aromatic carbocycles. The van der Waals surface area contributed by atoms with Gasteiger partial charge in [-0.25, -0.2) is 19.2 Å². The van der Waals surface area contributed by atoms with Gasteiger partial charge in [0.1, 0.15) is 6.33 Å². The van der Waals surface area contributed by atoms with Crippen molar-refractivity contribution in [2.24, 2.45) is 5.41 Å². The summed E-state index contributed by atoms with van der Waals surface area (Å²) < 4.78 is 13.3. The fourth-order valence-electron chi connectivity index (χ4n) is 3.07. The van der Waals surface area contributed by atoms with Crippen molar-refractivity contribution in [3.63, 3.8) is 0 Å². The molecule has 19 heavy (non-hydrogen) atoms. The maximum absolute atomic E-state index is 13.3. The minimum Gasteiger partial charge on any atom is -0.335 e. The number of carbonyl (C=O) groups is 1. The highest BCUT2D eigenvalue weighted by Crippen LogP contribution is 2.56. The van der Waals surface area contributed by atoms with Gasteiger partial charge in [-0.1, -0.05) is 19.3 Å². The number of nitrogens with zero attached hydrogens (tertiary/aromatic N) is 2. The minimum absolute atomic E-state index is 0.0779. The molecule has 1 atom stereocenters. The molecule has 3 rings (SSSR count). The van der Waals surface area contributed by atoms with Crippen LogP contribution in [-0.4, -0.2) is 22.0 Å². The quantitative estimate of drug-likeness (QED) is 0.862. The van der Waals surface area contributed by atoms with Gasteiger partial charge in [0.05, 0.1) is 6.20 Å². The Balaban J connectivity index is 1.54. The number of rotatable bonds is 2. The first kappa shape index (κ1) is 12.3. The van der Waals surface area contributed by atoms with E-state index < -0.39 is 5.82 Å². The van der Waals surface area contributed by atoms with Gasteiger partial charge in [0.2, 0.25) is 0 Å². The van der Waals surface area contributed by atoms with Crippen molar-refractivity contribution < 1.29 is 9.18 Å². The molecule has 5 nitrogen and oxygen atoms in total. The second-order valence-electron chi connectivity index (χ2n) is 5.50. The van der Waals surface area contributed by atoms with Gasteiger partial charge in [0, 0.05) is 6.04 Å². The summed E-state index contributed by atoms with van der Waals surface area (Å²) in [5.41, 5.74) is 0.319. The molecule has 1 aromatic heterocycles. The van der Waals surface area contributed by atoms with E-state index in [1.807, 2.05) is 0 Å². The zero-order valence-electron chi connectivity index (χ0n) is 10.7. The van der Waals surface area contributed by atoms with Gasteiger partial charge in [-0.2, -0.15) is 0 Å². The molecule has 2 saturated carbocycles. The Morgan fingerprint density at radius 1 is 1.37 bits per heavy atom. The van der Waals surface area contributed by atoms with Gasteiger partial charge in [0.25, 0.3) is 0 Å². The van der Waals surface area contributed by atoms with E-state index in [2.05, 4.69) is 20.6 Å². The van der Waals surface area contributed by atoms with Crippen LogP contribution in [0.25, 0.3) is 0 Å². The lowest BCUT2D eigenvalue weighted by molar-refractivity contribution is 0.246. The fraction of sp³-hybridized carbons (Fsp3) is 0.615. The lowest BCUT2D eigenvalue weighted by Crippen LogP contribution is -2.34. The third kappa shape index (κ3) is 2.52. The highest BCUT2D eigenvalue weighted by Gasteiger charge is 2.54. The van der Waals surface area contributed by atoms with Crippen molar-refractivity contribution in [1.82, 2.24) is 15.3 Å². The third-order valence-electron chi connectivity index (χ3n) is 4.24. The summed E-state index contributed by atoms with van der Waals surface area (Å²) in [6.07, 6.45) is 9.47. The van der Waals surface area contributed by atoms with E-state index in [1.165, 1.54) is 38.4 Å². The van der Waals surface area contributed by atoms with Crippen LogP contribution in [0, 0.1) is 11.2 Å². The van der Waals surface area contributed by atoms with E-state index in [0.29, 0.717) is 5.41 Å². The SMILES string of the molecule is O=C(Nc1ncncc1F)NC1CC12CCCCC2. The molecule has 1 aromatic rings. The van der Waals surface area contributed by atoms with Crippen molar-refractivity contribution in [3.05, 3.63) is 18.3 Å². The summed E-state index contributed by atoms with van der Waals surface area (Å²) >= 11 is 0. The van der Waals surface area contributed by atoms with Crippen molar-refractivity contribution in [1.29, 1.82) is 0 Å². The zero-order valence-corrected chi connectivity index (χ0v) is 10.7. The number of nitrogens with one attached hydrogen (secondary N) is 2. The summed E-state index contributed by atoms with van der Waals surface area (Å²) in [5.74, 6) is -0.702. The monoisotopic (exact) mass is 264 g/mol. The largest absolute Gasteiger partial charge is 0.335 e. The standard InChI is InChI=1S/C13H17FN4O/c14-9-7-15-8-16-11(9)18-12(19)17-10-6-13(10)4-2-1-3-5-13/h7-8,10H,1-6H2,(H2,15,16,17,18,19). The van der Waals surface area contributed by atoms with E-state index in [4.69, 9.17) is 0 Å². The van der Waals surface area contributed by atoms with Crippen LogP contribution in [-0.2, 0) is 0 Å². The van der Waals surface area contributed by atoms with Gasteiger partial charge >= 0.3 is 6.03 Å². The topological polar surface area (TPSA) is 66.9 Å². The Hall–Kier alpha value is -1.72. The van der Waals surface area contributed by atoms with E-state index >= 15 is 0 Å². The van der Waals surface area contributed by atoms with Crippen LogP contribution in [0.3, 0.4) is 0 Å². The van der Waals surface area contributed by atoms with Crippen molar-refractivity contribution in [2.75, 3.05) is 5.32 Å². The molecule has 0 saturated heterocycles. The normalized spacial score (nSPS) is 23.9. The molecule has 0 radical (unpaired) electrons. The first-order chi connectivity index (χ1) is 9.20. The lowest BCUT2D eigenvalue weighted by Gasteiger charge is -2.22. The Bertz CT molecular complexity index is 487. The van der Waals surface area contributed by atoms with Crippen molar-refractivity contribution >= 4 is 11.8 Å². The molecule has 2 aliphatic carbocycles. The number of urea groups is 1. The third-order valence-corrected chi connectivity index (χ3v) is 4.24. The second-order valence-corrected chi connectivity index (χ2v) is 5.50. The van der Waals surface area contributed by atoms with Crippen LogP contribution in [0.2, 0.25) is 0 Å². The van der Waals surface area contributed by atoms with Gasteiger partial charge in [0.15, 0.2) is 11.6 Å². The summed E-state index contributed by atoms with van der Waals surface area (Å²) in [5, 5.41) is 5.34. The number of hydrogen-bond donors (Lipinski definition) is 2. The minimum atomic E-state index is -0.624. The molecular weight excluding hydrogens is 247 g/mol. The number of amides is 2. The van der Waals surface area contributed by atoms with E-state index in [9.17, 15) is 9.18 Å². The maximum Gasteiger partial charge on any atom is 0.320 e. The Morgan fingerprint density at radius 3 is 2.89 bits per heavy atom. The van der Waals surface area contributed by atoms with Crippen LogP contribution in [0.4, 0.5) is 15.0 Å². The molecule has 2 amide bonds. The molecule has 0 bridgehead atoms. The summed E-state index contributed by atoms with van der Waals surface area (Å²) in [6, 6.07) is -0.150. The van der Waals surface area contributed by atoms with E-state index in [-0.39, 0.29) is 17.9 Å². The maximum atomic E-state index is 13.3. The molecule has 0 aliphatic heterocycles. The molecule has 6 heteroatoms. The number of aromatic nitrogens is 2. The molecule has 1 spiro atoms. The van der Waals surface area contributed by atoms with Crippen molar-refractivity contribution in [2.45, 2.75) is 44.6 Å². The van der Waals surface area contributed by atoms with Gasteiger partial charge in [-0.05, 0) is 24.7 Å². The number of hydrogen-bond acceptors (Lipinski definition) is 3. The highest BCUT2D eigenvalue weighted by molar-refractivity contribution is 5.88. The highest BCUT2D eigenvalue weighted by atomic mass is 19.1. The number of carbonyl (C=O) groups excluding carboxylic acids is 1.